The molecule has 102 valence electrons. The van der Waals surface area contributed by atoms with Crippen LogP contribution in [0.15, 0.2) is 12.2 Å². The summed E-state index contributed by atoms with van der Waals surface area (Å²) in [6.07, 6.45) is 12.1. The topological polar surface area (TPSA) is 46.2 Å². The van der Waals surface area contributed by atoms with E-state index in [1.165, 1.54) is 19.3 Å². The number of rotatable bonds is 4. The second-order valence-electron chi connectivity index (χ2n) is 6.19. The van der Waals surface area contributed by atoms with Gasteiger partial charge in [-0.1, -0.05) is 31.4 Å². The normalized spacial score (nSPS) is 36.3. The van der Waals surface area contributed by atoms with Gasteiger partial charge in [0.1, 0.15) is 0 Å². The van der Waals surface area contributed by atoms with Gasteiger partial charge in [0.15, 0.2) is 0 Å². The predicted molar refractivity (Wildman–Crippen MR) is 72.6 cm³/mol. The van der Waals surface area contributed by atoms with E-state index in [1.54, 1.807) is 0 Å². The van der Waals surface area contributed by atoms with Crippen molar-refractivity contribution in [3.63, 3.8) is 0 Å². The summed E-state index contributed by atoms with van der Waals surface area (Å²) in [5.74, 6) is 1.89. The molecule has 4 heteroatoms. The van der Waals surface area contributed by atoms with Crippen LogP contribution in [0.25, 0.3) is 0 Å². The average molecular weight is 269 g/mol. The molecule has 0 amide bonds. The zero-order valence-electron chi connectivity index (χ0n) is 10.8. The third kappa shape index (κ3) is 2.50. The molecule has 0 heterocycles. The lowest BCUT2D eigenvalue weighted by molar-refractivity contribution is 0.431. The first-order chi connectivity index (χ1) is 8.65. The summed E-state index contributed by atoms with van der Waals surface area (Å²) < 4.78 is 27.3. The molecule has 0 spiro atoms. The van der Waals surface area contributed by atoms with Crippen LogP contribution in [0.1, 0.15) is 44.9 Å². The Balaban J connectivity index is 1.54. The second kappa shape index (κ2) is 4.97. The summed E-state index contributed by atoms with van der Waals surface area (Å²) in [5, 5.41) is -0.125. The molecule has 0 aliphatic heterocycles. The van der Waals surface area contributed by atoms with Gasteiger partial charge in [0.25, 0.3) is 0 Å². The minimum absolute atomic E-state index is 0.125. The Morgan fingerprint density at radius 2 is 1.83 bits per heavy atom. The number of sulfonamides is 1. The van der Waals surface area contributed by atoms with Gasteiger partial charge in [-0.3, -0.25) is 0 Å². The zero-order chi connectivity index (χ0) is 12.6. The monoisotopic (exact) mass is 269 g/mol. The van der Waals surface area contributed by atoms with Crippen molar-refractivity contribution in [2.45, 2.75) is 50.2 Å². The minimum Gasteiger partial charge on any atom is -0.215 e. The van der Waals surface area contributed by atoms with E-state index < -0.39 is 10.0 Å². The Bertz CT molecular complexity index is 423. The largest absolute Gasteiger partial charge is 0.215 e. The van der Waals surface area contributed by atoms with Crippen LogP contribution in [0, 0.1) is 17.8 Å². The van der Waals surface area contributed by atoms with E-state index in [9.17, 15) is 8.42 Å². The highest BCUT2D eigenvalue weighted by atomic mass is 32.2. The van der Waals surface area contributed by atoms with Crippen LogP contribution in [0.3, 0.4) is 0 Å². The first-order valence-electron chi connectivity index (χ1n) is 7.32. The van der Waals surface area contributed by atoms with Gasteiger partial charge in [-0.25, -0.2) is 13.1 Å². The van der Waals surface area contributed by atoms with Crippen LogP contribution in [0.4, 0.5) is 0 Å². The summed E-state index contributed by atoms with van der Waals surface area (Å²) >= 11 is 0. The molecule has 2 saturated carbocycles. The smallest absolute Gasteiger partial charge is 0.214 e. The maximum atomic E-state index is 12.2. The van der Waals surface area contributed by atoms with Gasteiger partial charge in [-0.15, -0.1) is 0 Å². The van der Waals surface area contributed by atoms with Crippen molar-refractivity contribution in [3.05, 3.63) is 12.2 Å². The van der Waals surface area contributed by atoms with E-state index in [0.717, 1.165) is 31.6 Å². The fourth-order valence-electron chi connectivity index (χ4n) is 3.85. The van der Waals surface area contributed by atoms with Gasteiger partial charge < -0.3 is 0 Å². The van der Waals surface area contributed by atoms with Crippen molar-refractivity contribution in [1.82, 2.24) is 4.72 Å². The zero-order valence-corrected chi connectivity index (χ0v) is 11.7. The lowest BCUT2D eigenvalue weighted by Crippen LogP contribution is -2.38. The molecule has 0 aromatic heterocycles. The first-order valence-corrected chi connectivity index (χ1v) is 8.86. The van der Waals surface area contributed by atoms with Crippen LogP contribution < -0.4 is 4.72 Å². The average Bonchev–Trinajstić information content (AvgIpc) is 3.00. The minimum atomic E-state index is -3.06. The molecule has 0 saturated heterocycles. The molecular weight excluding hydrogens is 246 g/mol. The highest BCUT2D eigenvalue weighted by Crippen LogP contribution is 2.43. The summed E-state index contributed by atoms with van der Waals surface area (Å²) in [4.78, 5) is 0. The van der Waals surface area contributed by atoms with Crippen molar-refractivity contribution in [2.75, 3.05) is 6.54 Å². The maximum absolute atomic E-state index is 12.2. The Morgan fingerprint density at radius 1 is 1.06 bits per heavy atom. The summed E-state index contributed by atoms with van der Waals surface area (Å²) in [6, 6.07) is 0. The SMILES string of the molecule is O=S(=O)(NC[C@H]1C[C@H]2C=C[C@@H]1C2)C1CCCCC1. The fourth-order valence-corrected chi connectivity index (χ4v) is 5.48. The predicted octanol–water partition coefficient (Wildman–Crippen LogP) is 2.45. The molecule has 0 aromatic carbocycles. The summed E-state index contributed by atoms with van der Waals surface area (Å²) in [5.41, 5.74) is 0. The number of allylic oxidation sites excluding steroid dienone is 2. The standard InChI is InChI=1S/C14H23NO2S/c16-18(17,14-4-2-1-3-5-14)15-10-13-9-11-6-7-12(13)8-11/h6-7,11-15H,1-5,8-10H2/t11-,12+,13+/m0/s1. The van der Waals surface area contributed by atoms with Crippen LogP contribution >= 0.6 is 0 Å². The van der Waals surface area contributed by atoms with Crippen molar-refractivity contribution < 1.29 is 8.42 Å². The molecule has 0 unspecified atom stereocenters. The Hall–Kier alpha value is -0.350. The number of nitrogens with one attached hydrogen (secondary N) is 1. The number of fused-ring (bicyclic) bond motifs is 2. The Labute approximate surface area is 110 Å². The van der Waals surface area contributed by atoms with E-state index in [4.69, 9.17) is 0 Å². The van der Waals surface area contributed by atoms with Crippen LogP contribution in [0.2, 0.25) is 0 Å². The lowest BCUT2D eigenvalue weighted by Gasteiger charge is -2.24. The van der Waals surface area contributed by atoms with Crippen LogP contribution in [-0.2, 0) is 10.0 Å². The van der Waals surface area contributed by atoms with Gasteiger partial charge in [0, 0.05) is 6.54 Å². The summed E-state index contributed by atoms with van der Waals surface area (Å²) in [6.45, 7) is 0.657. The number of hydrogen-bond acceptors (Lipinski definition) is 2. The van der Waals surface area contributed by atoms with Crippen molar-refractivity contribution in [2.24, 2.45) is 17.8 Å². The second-order valence-corrected chi connectivity index (χ2v) is 8.24. The van der Waals surface area contributed by atoms with E-state index in [0.29, 0.717) is 18.4 Å². The highest BCUT2D eigenvalue weighted by Gasteiger charge is 2.36. The third-order valence-electron chi connectivity index (χ3n) is 4.95. The molecule has 3 aliphatic rings. The molecule has 0 radical (unpaired) electrons. The Kier molecular flexibility index (Phi) is 3.50. The lowest BCUT2D eigenvalue weighted by atomic mass is 9.94. The van der Waals surface area contributed by atoms with E-state index in [-0.39, 0.29) is 5.25 Å². The molecular formula is C14H23NO2S. The molecule has 2 fully saturated rings. The van der Waals surface area contributed by atoms with Crippen molar-refractivity contribution in [1.29, 1.82) is 0 Å². The van der Waals surface area contributed by atoms with Gasteiger partial charge in [-0.05, 0) is 43.4 Å². The first kappa shape index (κ1) is 12.7. The molecule has 1 N–H and O–H groups in total. The molecule has 3 nitrogen and oxygen atoms in total. The molecule has 3 atom stereocenters. The third-order valence-corrected chi connectivity index (χ3v) is 6.87. The van der Waals surface area contributed by atoms with Crippen molar-refractivity contribution in [3.8, 4) is 0 Å². The van der Waals surface area contributed by atoms with Gasteiger partial charge in [-0.2, -0.15) is 0 Å². The quantitative estimate of drug-likeness (QED) is 0.797. The van der Waals surface area contributed by atoms with Crippen molar-refractivity contribution >= 4 is 10.0 Å². The van der Waals surface area contributed by atoms with Gasteiger partial charge in [0.05, 0.1) is 5.25 Å². The summed E-state index contributed by atoms with van der Waals surface area (Å²) in [7, 11) is -3.06. The molecule has 2 bridgehead atoms. The Morgan fingerprint density at radius 3 is 2.44 bits per heavy atom. The van der Waals surface area contributed by atoms with Gasteiger partial charge in [0.2, 0.25) is 10.0 Å². The van der Waals surface area contributed by atoms with E-state index in [1.807, 2.05) is 0 Å². The fraction of sp³-hybridized carbons (Fsp3) is 0.857. The van der Waals surface area contributed by atoms with Gasteiger partial charge >= 0.3 is 0 Å². The molecule has 3 aliphatic carbocycles. The molecule has 0 aromatic rings. The molecule has 3 rings (SSSR count). The van der Waals surface area contributed by atoms with Crippen LogP contribution in [-0.4, -0.2) is 20.2 Å². The molecule has 18 heavy (non-hydrogen) atoms. The van der Waals surface area contributed by atoms with E-state index in [2.05, 4.69) is 16.9 Å². The highest BCUT2D eigenvalue weighted by molar-refractivity contribution is 7.90. The maximum Gasteiger partial charge on any atom is 0.214 e. The number of hydrogen-bond donors (Lipinski definition) is 1. The van der Waals surface area contributed by atoms with Crippen LogP contribution in [0.5, 0.6) is 0 Å². The van der Waals surface area contributed by atoms with E-state index >= 15 is 0 Å².